The topological polar surface area (TPSA) is 73.4 Å². The van der Waals surface area contributed by atoms with Crippen LogP contribution in [0, 0.1) is 5.41 Å². The van der Waals surface area contributed by atoms with Gasteiger partial charge in [0.25, 0.3) is 5.91 Å². The molecule has 1 atom stereocenters. The minimum Gasteiger partial charge on any atom is -0.496 e. The Morgan fingerprint density at radius 1 is 1.42 bits per heavy atom. The van der Waals surface area contributed by atoms with Gasteiger partial charge in [-0.2, -0.15) is 5.10 Å². The van der Waals surface area contributed by atoms with Gasteiger partial charge in [0.1, 0.15) is 11.4 Å². The molecule has 2 aromatic rings. The number of rotatable bonds is 4. The summed E-state index contributed by atoms with van der Waals surface area (Å²) in [6, 6.07) is 7.62. The number of carbonyl (C=O) groups excluding carboxylic acids is 1. The second-order valence-electron chi connectivity index (χ2n) is 6.76. The first-order chi connectivity index (χ1) is 11.5. The van der Waals surface area contributed by atoms with Gasteiger partial charge >= 0.3 is 0 Å². The van der Waals surface area contributed by atoms with E-state index in [0.717, 1.165) is 18.5 Å². The number of hydrogen-bond donors (Lipinski definition) is 1. The van der Waals surface area contributed by atoms with Crippen molar-refractivity contribution in [3.63, 3.8) is 0 Å². The van der Waals surface area contributed by atoms with Crippen LogP contribution in [0.1, 0.15) is 23.7 Å². The summed E-state index contributed by atoms with van der Waals surface area (Å²) in [7, 11) is 3.44. The van der Waals surface area contributed by atoms with Crippen molar-refractivity contribution in [3.8, 4) is 17.0 Å². The Balaban J connectivity index is 1.97. The van der Waals surface area contributed by atoms with Crippen LogP contribution in [0.4, 0.5) is 0 Å². The van der Waals surface area contributed by atoms with Crippen molar-refractivity contribution >= 4 is 5.91 Å². The Labute approximate surface area is 142 Å². The van der Waals surface area contributed by atoms with Gasteiger partial charge < -0.3 is 15.4 Å². The smallest absolute Gasteiger partial charge is 0.257 e. The number of amides is 1. The fourth-order valence-electron chi connectivity index (χ4n) is 3.22. The fraction of sp³-hybridized carbons (Fsp3) is 0.444. The molecule has 6 nitrogen and oxygen atoms in total. The molecule has 2 N–H and O–H groups in total. The molecule has 1 aliphatic heterocycles. The molecule has 0 bridgehead atoms. The molecule has 0 spiro atoms. The van der Waals surface area contributed by atoms with E-state index in [-0.39, 0.29) is 11.3 Å². The maximum atomic E-state index is 13.0. The summed E-state index contributed by atoms with van der Waals surface area (Å²) in [4.78, 5) is 14.9. The number of hydrogen-bond acceptors (Lipinski definition) is 4. The molecule has 1 aromatic heterocycles. The fourth-order valence-corrected chi connectivity index (χ4v) is 3.22. The molecule has 0 radical (unpaired) electrons. The molecule has 1 saturated heterocycles. The lowest BCUT2D eigenvalue weighted by Crippen LogP contribution is -2.34. The highest BCUT2D eigenvalue weighted by Gasteiger charge is 2.36. The number of carbonyl (C=O) groups is 1. The van der Waals surface area contributed by atoms with Crippen molar-refractivity contribution in [2.24, 2.45) is 18.2 Å². The average Bonchev–Trinajstić information content (AvgIpc) is 3.18. The number of likely N-dealkylation sites (tertiary alicyclic amines) is 1. The summed E-state index contributed by atoms with van der Waals surface area (Å²) in [5.41, 5.74) is 7.94. The van der Waals surface area contributed by atoms with E-state index in [1.807, 2.05) is 36.2 Å². The first-order valence-electron chi connectivity index (χ1n) is 8.14. The van der Waals surface area contributed by atoms with Crippen LogP contribution in [-0.4, -0.2) is 47.3 Å². The van der Waals surface area contributed by atoms with E-state index in [1.165, 1.54) is 0 Å². The lowest BCUT2D eigenvalue weighted by molar-refractivity contribution is 0.0777. The second-order valence-corrected chi connectivity index (χ2v) is 6.76. The molecule has 3 rings (SSSR count). The molecule has 1 aliphatic rings. The van der Waals surface area contributed by atoms with Crippen LogP contribution in [0.15, 0.2) is 30.5 Å². The first kappa shape index (κ1) is 16.5. The molecule has 0 aliphatic carbocycles. The molecule has 1 unspecified atom stereocenters. The summed E-state index contributed by atoms with van der Waals surface area (Å²) in [6.45, 7) is 4.13. The van der Waals surface area contributed by atoms with Crippen molar-refractivity contribution in [1.82, 2.24) is 14.7 Å². The van der Waals surface area contributed by atoms with Crippen molar-refractivity contribution in [3.05, 3.63) is 36.0 Å². The van der Waals surface area contributed by atoms with E-state index in [2.05, 4.69) is 12.0 Å². The van der Waals surface area contributed by atoms with Gasteiger partial charge in [-0.05, 0) is 30.5 Å². The number of nitrogens with two attached hydrogens (primary N) is 1. The number of aromatic nitrogens is 2. The number of nitrogens with zero attached hydrogens (tertiary/aromatic N) is 3. The third-order valence-corrected chi connectivity index (χ3v) is 4.76. The minimum atomic E-state index is 0.00109. The highest BCUT2D eigenvalue weighted by Crippen LogP contribution is 2.34. The van der Waals surface area contributed by atoms with Gasteiger partial charge in [-0.25, -0.2) is 0 Å². The molecule has 6 heteroatoms. The SMILES string of the molecule is COc1ccccc1-c1nn(C)cc1C(=O)N1CCC(C)(CN)C1. The predicted molar refractivity (Wildman–Crippen MR) is 92.9 cm³/mol. The summed E-state index contributed by atoms with van der Waals surface area (Å²) >= 11 is 0. The average molecular weight is 328 g/mol. The molecule has 1 amide bonds. The molecule has 1 aromatic carbocycles. The van der Waals surface area contributed by atoms with Crippen LogP contribution in [0.3, 0.4) is 0 Å². The van der Waals surface area contributed by atoms with Gasteiger partial charge in [-0.1, -0.05) is 19.1 Å². The standard InChI is InChI=1S/C18H24N4O2/c1-18(11-19)8-9-22(12-18)17(23)14-10-21(2)20-16(14)13-6-4-5-7-15(13)24-3/h4-7,10H,8-9,11-12,19H2,1-3H3. The van der Waals surface area contributed by atoms with E-state index in [9.17, 15) is 4.79 Å². The van der Waals surface area contributed by atoms with Crippen molar-refractivity contribution < 1.29 is 9.53 Å². The quantitative estimate of drug-likeness (QED) is 0.930. The van der Waals surface area contributed by atoms with Crippen LogP contribution in [0.25, 0.3) is 11.3 Å². The number of methoxy groups -OCH3 is 1. The summed E-state index contributed by atoms with van der Waals surface area (Å²) in [5.74, 6) is 0.708. The summed E-state index contributed by atoms with van der Waals surface area (Å²) in [6.07, 6.45) is 2.71. The Morgan fingerprint density at radius 2 is 2.17 bits per heavy atom. The highest BCUT2D eigenvalue weighted by molar-refractivity contribution is 6.00. The van der Waals surface area contributed by atoms with Gasteiger partial charge in [0.05, 0.1) is 12.7 Å². The van der Waals surface area contributed by atoms with E-state index in [1.54, 1.807) is 18.0 Å². The minimum absolute atomic E-state index is 0.00109. The largest absolute Gasteiger partial charge is 0.496 e. The van der Waals surface area contributed by atoms with Crippen molar-refractivity contribution in [2.45, 2.75) is 13.3 Å². The maximum Gasteiger partial charge on any atom is 0.257 e. The second kappa shape index (κ2) is 6.28. The lowest BCUT2D eigenvalue weighted by atomic mass is 9.90. The first-order valence-corrected chi connectivity index (χ1v) is 8.14. The van der Waals surface area contributed by atoms with E-state index >= 15 is 0 Å². The van der Waals surface area contributed by atoms with E-state index < -0.39 is 0 Å². The number of benzene rings is 1. The Hall–Kier alpha value is -2.34. The molecule has 0 saturated carbocycles. The lowest BCUT2D eigenvalue weighted by Gasteiger charge is -2.22. The number of ether oxygens (including phenoxy) is 1. The number of aryl methyl sites for hydroxylation is 1. The zero-order chi connectivity index (χ0) is 17.3. The van der Waals surface area contributed by atoms with Crippen molar-refractivity contribution in [1.29, 1.82) is 0 Å². The Kier molecular flexibility index (Phi) is 4.32. The molecule has 128 valence electrons. The monoisotopic (exact) mass is 328 g/mol. The predicted octanol–water partition coefficient (Wildman–Crippen LogP) is 1.91. The van der Waals surface area contributed by atoms with E-state index in [4.69, 9.17) is 10.5 Å². The van der Waals surface area contributed by atoms with Crippen LogP contribution < -0.4 is 10.5 Å². The van der Waals surface area contributed by atoms with Crippen LogP contribution in [-0.2, 0) is 7.05 Å². The van der Waals surface area contributed by atoms with Gasteiger partial charge in [0, 0.05) is 31.9 Å². The van der Waals surface area contributed by atoms with Crippen LogP contribution in [0.5, 0.6) is 5.75 Å². The van der Waals surface area contributed by atoms with Crippen LogP contribution in [0.2, 0.25) is 0 Å². The molecular formula is C18H24N4O2. The normalized spacial score (nSPS) is 20.4. The molecular weight excluding hydrogens is 304 g/mol. The molecule has 24 heavy (non-hydrogen) atoms. The Morgan fingerprint density at radius 3 is 2.83 bits per heavy atom. The zero-order valence-corrected chi connectivity index (χ0v) is 14.5. The number of para-hydroxylation sites is 1. The van der Waals surface area contributed by atoms with Crippen LogP contribution >= 0.6 is 0 Å². The Bertz CT molecular complexity index is 755. The van der Waals surface area contributed by atoms with E-state index in [0.29, 0.717) is 30.1 Å². The third-order valence-electron chi connectivity index (χ3n) is 4.76. The summed E-state index contributed by atoms with van der Waals surface area (Å²) < 4.78 is 7.10. The molecule has 1 fully saturated rings. The van der Waals surface area contributed by atoms with Gasteiger partial charge in [-0.3, -0.25) is 9.48 Å². The van der Waals surface area contributed by atoms with Gasteiger partial charge in [0.2, 0.25) is 0 Å². The highest BCUT2D eigenvalue weighted by atomic mass is 16.5. The van der Waals surface area contributed by atoms with Crippen molar-refractivity contribution in [2.75, 3.05) is 26.7 Å². The zero-order valence-electron chi connectivity index (χ0n) is 14.5. The van der Waals surface area contributed by atoms with Gasteiger partial charge in [-0.15, -0.1) is 0 Å². The van der Waals surface area contributed by atoms with Gasteiger partial charge in [0.15, 0.2) is 0 Å². The maximum absolute atomic E-state index is 13.0. The summed E-state index contributed by atoms with van der Waals surface area (Å²) in [5, 5.41) is 4.50. The third kappa shape index (κ3) is 2.89. The molecule has 2 heterocycles.